The third-order valence-corrected chi connectivity index (χ3v) is 4.37. The molecule has 104 valence electrons. The highest BCUT2D eigenvalue weighted by molar-refractivity contribution is 5.08. The zero-order valence-corrected chi connectivity index (χ0v) is 11.1. The van der Waals surface area contributed by atoms with Crippen molar-refractivity contribution in [3.8, 4) is 0 Å². The minimum atomic E-state index is -0.482. The molecule has 0 amide bonds. The highest BCUT2D eigenvalue weighted by atomic mass is 16.5. The fraction of sp³-hybridized carbons (Fsp3) is 0.667. The van der Waals surface area contributed by atoms with Crippen molar-refractivity contribution in [3.05, 3.63) is 30.1 Å². The molecule has 2 saturated heterocycles. The van der Waals surface area contributed by atoms with Crippen molar-refractivity contribution in [2.24, 2.45) is 5.92 Å². The summed E-state index contributed by atoms with van der Waals surface area (Å²) in [4.78, 5) is 4.27. The lowest BCUT2D eigenvalue weighted by molar-refractivity contribution is -0.159. The van der Waals surface area contributed by atoms with Gasteiger partial charge in [0.2, 0.25) is 0 Å². The normalized spacial score (nSPS) is 28.2. The van der Waals surface area contributed by atoms with Crippen LogP contribution in [0.5, 0.6) is 0 Å². The molecule has 1 spiro atoms. The Bertz CT molecular complexity index is 398. The molecule has 2 unspecified atom stereocenters. The second-order valence-corrected chi connectivity index (χ2v) is 5.60. The highest BCUT2D eigenvalue weighted by Gasteiger charge is 2.41. The Balaban J connectivity index is 1.71. The number of nitrogens with zero attached hydrogens (tertiary/aromatic N) is 1. The van der Waals surface area contributed by atoms with Gasteiger partial charge in [0.05, 0.1) is 17.4 Å². The SMILES string of the molecule is OC(c1ccccn1)C1CCOC2(CCOCC2)C1. The quantitative estimate of drug-likeness (QED) is 0.887. The molecule has 1 N–H and O–H groups in total. The number of hydrogen-bond donors (Lipinski definition) is 1. The fourth-order valence-electron chi connectivity index (χ4n) is 3.22. The molecular formula is C15H21NO3. The van der Waals surface area contributed by atoms with Crippen molar-refractivity contribution in [1.82, 2.24) is 4.98 Å². The standard InChI is InChI=1S/C15H21NO3/c17-14(13-3-1-2-7-16-13)12-4-8-19-15(11-12)5-9-18-10-6-15/h1-3,7,12,14,17H,4-6,8-11H2. The second-order valence-electron chi connectivity index (χ2n) is 5.60. The lowest BCUT2D eigenvalue weighted by Gasteiger charge is -2.44. The van der Waals surface area contributed by atoms with Gasteiger partial charge in [-0.05, 0) is 43.7 Å². The van der Waals surface area contributed by atoms with Crippen LogP contribution in [0.4, 0.5) is 0 Å². The predicted molar refractivity (Wildman–Crippen MR) is 70.7 cm³/mol. The van der Waals surface area contributed by atoms with Gasteiger partial charge in [0.15, 0.2) is 0 Å². The molecule has 1 aromatic heterocycles. The third kappa shape index (κ3) is 2.81. The van der Waals surface area contributed by atoms with E-state index >= 15 is 0 Å². The topological polar surface area (TPSA) is 51.6 Å². The van der Waals surface area contributed by atoms with E-state index in [-0.39, 0.29) is 11.5 Å². The summed E-state index contributed by atoms with van der Waals surface area (Å²) < 4.78 is 11.4. The maximum Gasteiger partial charge on any atom is 0.0989 e. The van der Waals surface area contributed by atoms with Crippen LogP contribution in [-0.2, 0) is 9.47 Å². The molecule has 3 rings (SSSR count). The van der Waals surface area contributed by atoms with Crippen LogP contribution in [-0.4, -0.2) is 35.5 Å². The van der Waals surface area contributed by atoms with E-state index in [2.05, 4.69) is 4.98 Å². The average Bonchev–Trinajstić information content (AvgIpc) is 2.48. The largest absolute Gasteiger partial charge is 0.387 e. The molecule has 0 aliphatic carbocycles. The lowest BCUT2D eigenvalue weighted by atomic mass is 9.78. The van der Waals surface area contributed by atoms with E-state index in [9.17, 15) is 5.11 Å². The van der Waals surface area contributed by atoms with E-state index in [0.29, 0.717) is 0 Å². The average molecular weight is 263 g/mol. The Kier molecular flexibility index (Phi) is 3.82. The molecule has 2 aliphatic rings. The third-order valence-electron chi connectivity index (χ3n) is 4.37. The second kappa shape index (κ2) is 5.57. The molecule has 2 fully saturated rings. The van der Waals surface area contributed by atoms with Crippen LogP contribution in [0.3, 0.4) is 0 Å². The first-order valence-electron chi connectivity index (χ1n) is 7.10. The van der Waals surface area contributed by atoms with Gasteiger partial charge in [-0.1, -0.05) is 6.07 Å². The van der Waals surface area contributed by atoms with Crippen LogP contribution in [0.1, 0.15) is 37.5 Å². The Morgan fingerprint density at radius 1 is 1.26 bits per heavy atom. The summed E-state index contributed by atoms with van der Waals surface area (Å²) in [5, 5.41) is 10.5. The minimum absolute atomic E-state index is 0.0725. The summed E-state index contributed by atoms with van der Waals surface area (Å²) in [6, 6.07) is 5.70. The molecule has 2 atom stereocenters. The number of rotatable bonds is 2. The molecule has 4 nitrogen and oxygen atoms in total. The number of hydrogen-bond acceptors (Lipinski definition) is 4. The van der Waals surface area contributed by atoms with E-state index < -0.39 is 6.10 Å². The van der Waals surface area contributed by atoms with E-state index in [1.54, 1.807) is 6.20 Å². The Morgan fingerprint density at radius 3 is 2.84 bits per heavy atom. The van der Waals surface area contributed by atoms with Crippen LogP contribution in [0.15, 0.2) is 24.4 Å². The zero-order valence-electron chi connectivity index (χ0n) is 11.1. The van der Waals surface area contributed by atoms with Crippen molar-refractivity contribution >= 4 is 0 Å². The maximum atomic E-state index is 10.5. The van der Waals surface area contributed by atoms with Crippen molar-refractivity contribution in [1.29, 1.82) is 0 Å². The Hall–Kier alpha value is -0.970. The van der Waals surface area contributed by atoms with Gasteiger partial charge in [0, 0.05) is 26.0 Å². The van der Waals surface area contributed by atoms with Gasteiger partial charge >= 0.3 is 0 Å². The Morgan fingerprint density at radius 2 is 2.11 bits per heavy atom. The molecule has 1 aromatic rings. The summed E-state index contributed by atoms with van der Waals surface area (Å²) in [6.07, 6.45) is 4.96. The van der Waals surface area contributed by atoms with Crippen molar-refractivity contribution in [2.75, 3.05) is 19.8 Å². The van der Waals surface area contributed by atoms with E-state index in [1.165, 1.54) is 0 Å². The summed E-state index contributed by atoms with van der Waals surface area (Å²) in [5.74, 6) is 0.238. The maximum absolute atomic E-state index is 10.5. The Labute approximate surface area is 113 Å². The molecule has 4 heteroatoms. The van der Waals surface area contributed by atoms with Crippen LogP contribution in [0.25, 0.3) is 0 Å². The van der Waals surface area contributed by atoms with Gasteiger partial charge in [0.1, 0.15) is 0 Å². The number of pyridine rings is 1. The first-order chi connectivity index (χ1) is 9.29. The van der Waals surface area contributed by atoms with Gasteiger partial charge in [-0.2, -0.15) is 0 Å². The fourth-order valence-corrected chi connectivity index (χ4v) is 3.22. The van der Waals surface area contributed by atoms with Crippen LogP contribution < -0.4 is 0 Å². The van der Waals surface area contributed by atoms with Gasteiger partial charge in [-0.15, -0.1) is 0 Å². The van der Waals surface area contributed by atoms with Crippen LogP contribution in [0, 0.1) is 5.92 Å². The summed E-state index contributed by atoms with van der Waals surface area (Å²) in [6.45, 7) is 2.27. The van der Waals surface area contributed by atoms with Gasteiger partial charge in [0.25, 0.3) is 0 Å². The summed E-state index contributed by atoms with van der Waals surface area (Å²) in [5.41, 5.74) is 0.702. The van der Waals surface area contributed by atoms with Gasteiger partial charge in [-0.3, -0.25) is 4.98 Å². The van der Waals surface area contributed by atoms with Gasteiger partial charge < -0.3 is 14.6 Å². The van der Waals surface area contributed by atoms with Crippen molar-refractivity contribution in [3.63, 3.8) is 0 Å². The number of aliphatic hydroxyl groups is 1. The molecule has 0 saturated carbocycles. The summed E-state index contributed by atoms with van der Waals surface area (Å²) >= 11 is 0. The molecule has 2 aliphatic heterocycles. The highest BCUT2D eigenvalue weighted by Crippen LogP contribution is 2.41. The summed E-state index contributed by atoms with van der Waals surface area (Å²) in [7, 11) is 0. The number of aromatic nitrogens is 1. The van der Waals surface area contributed by atoms with Crippen LogP contribution >= 0.6 is 0 Å². The predicted octanol–water partition coefficient (Wildman–Crippen LogP) is 2.09. The minimum Gasteiger partial charge on any atom is -0.387 e. The van der Waals surface area contributed by atoms with Gasteiger partial charge in [-0.25, -0.2) is 0 Å². The van der Waals surface area contributed by atoms with Crippen molar-refractivity contribution < 1.29 is 14.6 Å². The molecule has 0 aromatic carbocycles. The smallest absolute Gasteiger partial charge is 0.0989 e. The van der Waals surface area contributed by atoms with Crippen LogP contribution in [0.2, 0.25) is 0 Å². The first-order valence-corrected chi connectivity index (χ1v) is 7.10. The lowest BCUT2D eigenvalue weighted by Crippen LogP contribution is -2.45. The number of ether oxygens (including phenoxy) is 2. The molecule has 0 bridgehead atoms. The van der Waals surface area contributed by atoms with E-state index in [1.807, 2.05) is 18.2 Å². The van der Waals surface area contributed by atoms with E-state index in [4.69, 9.17) is 9.47 Å². The van der Waals surface area contributed by atoms with Crippen molar-refractivity contribution in [2.45, 2.75) is 37.4 Å². The molecule has 3 heterocycles. The zero-order chi connectivity index (χ0) is 13.1. The molecular weight excluding hydrogens is 242 g/mol. The van der Waals surface area contributed by atoms with E-state index in [0.717, 1.165) is 51.2 Å². The molecule has 19 heavy (non-hydrogen) atoms. The number of aliphatic hydroxyl groups excluding tert-OH is 1. The monoisotopic (exact) mass is 263 g/mol. The molecule has 0 radical (unpaired) electrons. The first kappa shape index (κ1) is 13.0.